The second-order valence-corrected chi connectivity index (χ2v) is 13.8. The summed E-state index contributed by atoms with van der Waals surface area (Å²) in [4.78, 5) is 8.74. The van der Waals surface area contributed by atoms with Crippen molar-refractivity contribution in [1.82, 2.24) is 9.97 Å². The smallest absolute Gasteiger partial charge is 0.402 e. The van der Waals surface area contributed by atoms with E-state index in [0.29, 0.717) is 0 Å². The number of pyridine rings is 1. The second-order valence-electron chi connectivity index (χ2n) is 11.2. The quantitative estimate of drug-likeness (QED) is 0.221. The van der Waals surface area contributed by atoms with Gasteiger partial charge >= 0.3 is 5.95 Å². The maximum absolute atomic E-state index is 5.66. The molecule has 0 unspecified atom stereocenters. The van der Waals surface area contributed by atoms with Crippen molar-refractivity contribution in [2.24, 2.45) is 0 Å². The van der Waals surface area contributed by atoms with Gasteiger partial charge in [-0.25, -0.2) is 9.55 Å². The monoisotopic (exact) mass is 547 g/mol. The number of aromatic amines is 1. The molecule has 1 aromatic carbocycles. The van der Waals surface area contributed by atoms with Gasteiger partial charge in [0.25, 0.3) is 0 Å². The Kier molecular flexibility index (Phi) is 9.73. The fourth-order valence-corrected chi connectivity index (χ4v) is 7.48. The molecule has 0 radical (unpaired) electrons. The highest BCUT2D eigenvalue weighted by molar-refractivity contribution is 8.76. The Bertz CT molecular complexity index is 1140. The zero-order chi connectivity index (χ0) is 25.2. The third kappa shape index (κ3) is 6.02. The van der Waals surface area contributed by atoms with Gasteiger partial charge in [-0.15, -0.1) is 0 Å². The van der Waals surface area contributed by atoms with Crippen molar-refractivity contribution in [2.45, 2.75) is 96.7 Å². The molecular weight excluding hydrogens is 506 g/mol. The molecule has 0 amide bonds. The van der Waals surface area contributed by atoms with Crippen molar-refractivity contribution in [3.05, 3.63) is 46.8 Å². The number of H-pyrrole nitrogens is 1. The summed E-state index contributed by atoms with van der Waals surface area (Å²) in [7, 11) is 5.66. The topological polar surface area (TPSA) is 41.8 Å². The highest BCUT2D eigenvalue weighted by Crippen LogP contribution is 2.46. The summed E-state index contributed by atoms with van der Waals surface area (Å²) in [5.74, 6) is 3.93. The van der Waals surface area contributed by atoms with Crippen LogP contribution in [-0.4, -0.2) is 22.8 Å². The lowest BCUT2D eigenvalue weighted by Gasteiger charge is -2.41. The van der Waals surface area contributed by atoms with Crippen LogP contribution in [0.2, 0.25) is 0 Å². The van der Waals surface area contributed by atoms with Crippen molar-refractivity contribution in [3.8, 4) is 11.7 Å². The third-order valence-electron chi connectivity index (χ3n) is 7.72. The Balaban J connectivity index is 0.00000361. The van der Waals surface area contributed by atoms with Crippen molar-refractivity contribution >= 4 is 32.6 Å². The molecule has 0 atom stereocenters. The zero-order valence-electron chi connectivity index (χ0n) is 23.0. The van der Waals surface area contributed by atoms with E-state index >= 15 is 0 Å². The number of fused-ring (bicyclic) bond motifs is 2. The van der Waals surface area contributed by atoms with Gasteiger partial charge in [-0.05, 0) is 60.3 Å². The average Bonchev–Trinajstić information content (AvgIpc) is 3.24. The molecule has 2 heterocycles. The van der Waals surface area contributed by atoms with E-state index in [-0.39, 0.29) is 23.2 Å². The molecule has 4 rings (SSSR count). The highest BCUT2D eigenvalue weighted by Gasteiger charge is 2.38. The van der Waals surface area contributed by atoms with E-state index in [0.717, 1.165) is 28.5 Å². The molecule has 0 bridgehead atoms. The molecule has 0 fully saturated rings. The first-order valence-electron chi connectivity index (χ1n) is 13.1. The predicted molar refractivity (Wildman–Crippen MR) is 152 cm³/mol. The number of nitrogens with zero attached hydrogens (tertiary/aromatic N) is 2. The molecule has 36 heavy (non-hydrogen) atoms. The number of hydrogen-bond donors (Lipinski definition) is 1. The molecule has 4 nitrogen and oxygen atoms in total. The standard InChI is InChI=1S/C29H42N3OS2.ClH/c1-8-9-10-11-16-34-35-19-25-20(2)26(33-7)12-15-32(25)27-30-23-17-21-22(18-24(23)31-27)29(5,6)14-13-28(21,3)4;/h12,15,17-18H,8-11,13-14,16,19H2,1-7H3,(H,30,31);1H/q+1;/p-1. The van der Waals surface area contributed by atoms with Crippen LogP contribution in [0.5, 0.6) is 5.75 Å². The van der Waals surface area contributed by atoms with Crippen molar-refractivity contribution in [1.29, 1.82) is 0 Å². The lowest BCUT2D eigenvalue weighted by Crippen LogP contribution is -3.00. The van der Waals surface area contributed by atoms with Crippen LogP contribution < -0.4 is 21.7 Å². The number of rotatable bonds is 10. The van der Waals surface area contributed by atoms with E-state index in [1.165, 1.54) is 66.7 Å². The summed E-state index contributed by atoms with van der Waals surface area (Å²) in [5, 5.41) is 0. The van der Waals surface area contributed by atoms with Crippen LogP contribution >= 0.6 is 21.6 Å². The Labute approximate surface area is 231 Å². The lowest BCUT2D eigenvalue weighted by atomic mass is 9.63. The molecular formula is C29H42ClN3OS2. The molecule has 0 spiro atoms. The minimum absolute atomic E-state index is 0. The highest BCUT2D eigenvalue weighted by atomic mass is 35.5. The second kappa shape index (κ2) is 12.0. The molecule has 2 aromatic heterocycles. The van der Waals surface area contributed by atoms with Crippen molar-refractivity contribution in [3.63, 3.8) is 0 Å². The van der Waals surface area contributed by atoms with E-state index in [4.69, 9.17) is 9.72 Å². The zero-order valence-corrected chi connectivity index (χ0v) is 25.4. The number of nitrogens with one attached hydrogen (secondary N) is 1. The fourth-order valence-electron chi connectivity index (χ4n) is 5.19. The van der Waals surface area contributed by atoms with Gasteiger partial charge < -0.3 is 17.1 Å². The van der Waals surface area contributed by atoms with Crippen molar-refractivity contribution in [2.75, 3.05) is 12.9 Å². The number of benzene rings is 1. The van der Waals surface area contributed by atoms with Crippen LogP contribution in [0.1, 0.15) is 95.5 Å². The number of unbranched alkanes of at least 4 members (excludes halogenated alkanes) is 3. The van der Waals surface area contributed by atoms with Crippen LogP contribution in [-0.2, 0) is 16.6 Å². The van der Waals surface area contributed by atoms with Gasteiger partial charge in [0.1, 0.15) is 17.0 Å². The van der Waals surface area contributed by atoms with Gasteiger partial charge in [-0.2, -0.15) is 0 Å². The number of aromatic nitrogens is 3. The number of methoxy groups -OCH3 is 1. The summed E-state index contributed by atoms with van der Waals surface area (Å²) in [6.07, 6.45) is 9.77. The van der Waals surface area contributed by atoms with Crippen LogP contribution in [0.15, 0.2) is 24.4 Å². The maximum atomic E-state index is 5.66. The van der Waals surface area contributed by atoms with E-state index in [2.05, 4.69) is 69.4 Å². The Morgan fingerprint density at radius 1 is 1.03 bits per heavy atom. The summed E-state index contributed by atoms with van der Waals surface area (Å²) >= 11 is 0. The molecule has 0 saturated carbocycles. The summed E-state index contributed by atoms with van der Waals surface area (Å²) in [5.41, 5.74) is 7.86. The normalized spacial score (nSPS) is 16.0. The average molecular weight is 548 g/mol. The van der Waals surface area contributed by atoms with Gasteiger partial charge in [0.05, 0.1) is 19.1 Å². The molecule has 3 aromatic rings. The van der Waals surface area contributed by atoms with E-state index in [1.807, 2.05) is 27.7 Å². The third-order valence-corrected chi connectivity index (χ3v) is 10.1. The Morgan fingerprint density at radius 3 is 2.39 bits per heavy atom. The number of hydrogen-bond acceptors (Lipinski definition) is 4. The van der Waals surface area contributed by atoms with E-state index in [9.17, 15) is 0 Å². The first kappa shape index (κ1) is 29.2. The Morgan fingerprint density at radius 2 is 1.72 bits per heavy atom. The van der Waals surface area contributed by atoms with E-state index in [1.54, 1.807) is 7.11 Å². The predicted octanol–water partition coefficient (Wildman–Crippen LogP) is 4.97. The van der Waals surface area contributed by atoms with Crippen LogP contribution in [0.4, 0.5) is 0 Å². The lowest BCUT2D eigenvalue weighted by molar-refractivity contribution is -0.610. The first-order valence-corrected chi connectivity index (χ1v) is 15.5. The van der Waals surface area contributed by atoms with Crippen molar-refractivity contribution < 1.29 is 21.7 Å². The van der Waals surface area contributed by atoms with Gasteiger partial charge in [0, 0.05) is 17.4 Å². The summed E-state index contributed by atoms with van der Waals surface area (Å²) in [6.45, 7) is 13.9. The number of halogens is 1. The van der Waals surface area contributed by atoms with Crippen LogP contribution in [0, 0.1) is 6.92 Å². The molecule has 1 N–H and O–H groups in total. The molecule has 0 saturated heterocycles. The first-order chi connectivity index (χ1) is 16.7. The summed E-state index contributed by atoms with van der Waals surface area (Å²) < 4.78 is 7.88. The molecule has 1 aliphatic carbocycles. The van der Waals surface area contributed by atoms with Gasteiger partial charge in [-0.3, -0.25) is 0 Å². The fraction of sp³-hybridized carbons (Fsp3) is 0.586. The van der Waals surface area contributed by atoms with Gasteiger partial charge in [0.2, 0.25) is 0 Å². The molecule has 198 valence electrons. The molecule has 7 heteroatoms. The number of imidazole rings is 1. The van der Waals surface area contributed by atoms with Crippen LogP contribution in [0.3, 0.4) is 0 Å². The summed E-state index contributed by atoms with van der Waals surface area (Å²) in [6, 6.07) is 6.74. The molecule has 1 aliphatic rings. The minimum Gasteiger partial charge on any atom is -1.00 e. The minimum atomic E-state index is 0. The van der Waals surface area contributed by atoms with Gasteiger partial charge in [0.15, 0.2) is 5.52 Å². The van der Waals surface area contributed by atoms with E-state index < -0.39 is 0 Å². The largest absolute Gasteiger partial charge is 1.00 e. The maximum Gasteiger partial charge on any atom is 0.402 e. The number of ether oxygens (including phenoxy) is 1. The van der Waals surface area contributed by atoms with Crippen LogP contribution in [0.25, 0.3) is 17.0 Å². The SMILES string of the molecule is CCCCCCSSCc1c(C)c(OC)cc[n+]1-c1nc2cc3c(cc2[nH]1)C(C)(C)CCC3(C)C.[Cl-]. The Hall–Kier alpha value is -1.37. The molecule has 0 aliphatic heterocycles. The van der Waals surface area contributed by atoms with Gasteiger partial charge in [-0.1, -0.05) is 80.5 Å².